The molecule has 0 atom stereocenters. The first-order chi connectivity index (χ1) is 6.47. The summed E-state index contributed by atoms with van der Waals surface area (Å²) >= 11 is 0. The third kappa shape index (κ3) is 2.25. The van der Waals surface area contributed by atoms with Crippen LogP contribution in [0.15, 0.2) is 0 Å². The highest BCUT2D eigenvalue weighted by Crippen LogP contribution is 2.22. The van der Waals surface area contributed by atoms with E-state index in [1.165, 1.54) is 7.11 Å². The summed E-state index contributed by atoms with van der Waals surface area (Å²) in [5.74, 6) is -0.126. The molecule has 0 spiro atoms. The van der Waals surface area contributed by atoms with Gasteiger partial charge in [-0.2, -0.15) is 0 Å². The summed E-state index contributed by atoms with van der Waals surface area (Å²) in [6.45, 7) is 4.81. The lowest BCUT2D eigenvalue weighted by Gasteiger charge is -2.27. The van der Waals surface area contributed by atoms with Crippen LogP contribution in [-0.4, -0.2) is 37.0 Å². The van der Waals surface area contributed by atoms with Gasteiger partial charge >= 0.3 is 5.97 Å². The fraction of sp³-hybridized carbons (Fsp3) is 0.800. The average molecular weight is 199 g/mol. The summed E-state index contributed by atoms with van der Waals surface area (Å²) < 4.78 is 4.68. The van der Waals surface area contributed by atoms with Gasteiger partial charge in [-0.25, -0.2) is 0 Å². The SMILES string of the molecule is COC(=O)C(C)(C)CN1CCCC1=O. The number of carbonyl (C=O) groups is 2. The largest absolute Gasteiger partial charge is 0.469 e. The second kappa shape index (κ2) is 3.98. The lowest BCUT2D eigenvalue weighted by atomic mass is 9.93. The maximum atomic E-state index is 11.4. The molecule has 1 amide bonds. The Bertz CT molecular complexity index is 248. The third-order valence-electron chi connectivity index (χ3n) is 2.50. The van der Waals surface area contributed by atoms with Crippen LogP contribution in [0, 0.1) is 5.41 Å². The molecule has 0 aliphatic carbocycles. The second-order valence-electron chi connectivity index (χ2n) is 4.29. The number of nitrogens with zero attached hydrogens (tertiary/aromatic N) is 1. The van der Waals surface area contributed by atoms with Crippen molar-refractivity contribution in [3.05, 3.63) is 0 Å². The molecule has 0 saturated carbocycles. The predicted octanol–water partition coefficient (Wildman–Crippen LogP) is 0.808. The number of methoxy groups -OCH3 is 1. The van der Waals surface area contributed by atoms with E-state index in [1.807, 2.05) is 0 Å². The zero-order valence-corrected chi connectivity index (χ0v) is 9.00. The van der Waals surface area contributed by atoms with E-state index in [0.717, 1.165) is 13.0 Å². The number of rotatable bonds is 3. The Balaban J connectivity index is 2.58. The third-order valence-corrected chi connectivity index (χ3v) is 2.50. The summed E-state index contributed by atoms with van der Waals surface area (Å²) in [6, 6.07) is 0. The van der Waals surface area contributed by atoms with Crippen LogP contribution in [0.25, 0.3) is 0 Å². The van der Waals surface area contributed by atoms with Gasteiger partial charge in [0.1, 0.15) is 0 Å². The predicted molar refractivity (Wildman–Crippen MR) is 51.6 cm³/mol. The number of hydrogen-bond acceptors (Lipinski definition) is 3. The molecule has 80 valence electrons. The monoisotopic (exact) mass is 199 g/mol. The van der Waals surface area contributed by atoms with E-state index >= 15 is 0 Å². The molecule has 1 aliphatic heterocycles. The highest BCUT2D eigenvalue weighted by atomic mass is 16.5. The van der Waals surface area contributed by atoms with Crippen LogP contribution in [0.5, 0.6) is 0 Å². The van der Waals surface area contributed by atoms with Crippen molar-refractivity contribution >= 4 is 11.9 Å². The summed E-state index contributed by atoms with van der Waals surface area (Å²) in [4.78, 5) is 24.4. The smallest absolute Gasteiger partial charge is 0.313 e. The Morgan fingerprint density at radius 1 is 1.57 bits per heavy atom. The molecular formula is C10H17NO3. The standard InChI is InChI=1S/C10H17NO3/c1-10(2,9(13)14-3)7-11-6-4-5-8(11)12/h4-7H2,1-3H3. The molecule has 0 aromatic rings. The van der Waals surface area contributed by atoms with E-state index in [-0.39, 0.29) is 11.9 Å². The van der Waals surface area contributed by atoms with Gasteiger partial charge in [-0.1, -0.05) is 0 Å². The molecule has 1 aliphatic rings. The summed E-state index contributed by atoms with van der Waals surface area (Å²) in [7, 11) is 1.37. The molecule has 14 heavy (non-hydrogen) atoms. The van der Waals surface area contributed by atoms with Crippen molar-refractivity contribution < 1.29 is 14.3 Å². The fourth-order valence-corrected chi connectivity index (χ4v) is 1.69. The van der Waals surface area contributed by atoms with Crippen LogP contribution in [0.4, 0.5) is 0 Å². The van der Waals surface area contributed by atoms with Gasteiger partial charge in [0.2, 0.25) is 5.91 Å². The molecule has 4 heteroatoms. The molecule has 1 rings (SSSR count). The van der Waals surface area contributed by atoms with Gasteiger partial charge in [-0.15, -0.1) is 0 Å². The topological polar surface area (TPSA) is 46.6 Å². The van der Waals surface area contributed by atoms with E-state index in [1.54, 1.807) is 18.7 Å². The highest BCUT2D eigenvalue weighted by molar-refractivity contribution is 5.80. The van der Waals surface area contributed by atoms with Crippen LogP contribution in [0.2, 0.25) is 0 Å². The normalized spacial score (nSPS) is 17.4. The Labute approximate surface area is 84.2 Å². The molecule has 4 nitrogen and oxygen atoms in total. The van der Waals surface area contributed by atoms with E-state index < -0.39 is 5.41 Å². The first kappa shape index (κ1) is 11.0. The number of esters is 1. The lowest BCUT2D eigenvalue weighted by Crippen LogP contribution is -2.40. The molecule has 1 saturated heterocycles. The van der Waals surface area contributed by atoms with E-state index in [4.69, 9.17) is 0 Å². The Morgan fingerprint density at radius 3 is 2.64 bits per heavy atom. The Kier molecular flexibility index (Phi) is 3.13. The zero-order valence-electron chi connectivity index (χ0n) is 9.00. The molecule has 0 aromatic heterocycles. The van der Waals surface area contributed by atoms with Crippen LogP contribution in [0.1, 0.15) is 26.7 Å². The Hall–Kier alpha value is -1.06. The lowest BCUT2D eigenvalue weighted by molar-refractivity contribution is -0.152. The van der Waals surface area contributed by atoms with Gasteiger partial charge in [-0.3, -0.25) is 9.59 Å². The average Bonchev–Trinajstić information content (AvgIpc) is 2.50. The fourth-order valence-electron chi connectivity index (χ4n) is 1.69. The molecular weight excluding hydrogens is 182 g/mol. The minimum Gasteiger partial charge on any atom is -0.469 e. The number of ether oxygens (including phenoxy) is 1. The minimum absolute atomic E-state index is 0.141. The van der Waals surface area contributed by atoms with Crippen LogP contribution in [0.3, 0.4) is 0 Å². The van der Waals surface area contributed by atoms with Crippen molar-refractivity contribution in [3.8, 4) is 0 Å². The van der Waals surface area contributed by atoms with Gasteiger partial charge < -0.3 is 9.64 Å². The first-order valence-corrected chi connectivity index (χ1v) is 4.83. The van der Waals surface area contributed by atoms with Crippen LogP contribution < -0.4 is 0 Å². The number of hydrogen-bond donors (Lipinski definition) is 0. The molecule has 0 aromatic carbocycles. The van der Waals surface area contributed by atoms with E-state index in [2.05, 4.69) is 4.74 Å². The summed E-state index contributed by atoms with van der Waals surface area (Å²) in [5, 5.41) is 0. The molecule has 0 N–H and O–H groups in total. The van der Waals surface area contributed by atoms with Crippen molar-refractivity contribution in [1.29, 1.82) is 0 Å². The highest BCUT2D eigenvalue weighted by Gasteiger charge is 2.34. The van der Waals surface area contributed by atoms with Crippen LogP contribution >= 0.6 is 0 Å². The Morgan fingerprint density at radius 2 is 2.21 bits per heavy atom. The van der Waals surface area contributed by atoms with Gasteiger partial charge in [0.05, 0.1) is 12.5 Å². The maximum absolute atomic E-state index is 11.4. The van der Waals surface area contributed by atoms with Crippen molar-refractivity contribution in [2.45, 2.75) is 26.7 Å². The summed E-state index contributed by atoms with van der Waals surface area (Å²) in [6.07, 6.45) is 1.51. The van der Waals surface area contributed by atoms with Crippen molar-refractivity contribution in [3.63, 3.8) is 0 Å². The molecule has 1 fully saturated rings. The van der Waals surface area contributed by atoms with Gasteiger partial charge in [0.25, 0.3) is 0 Å². The number of carbonyl (C=O) groups excluding carboxylic acids is 2. The van der Waals surface area contributed by atoms with Gasteiger partial charge in [-0.05, 0) is 20.3 Å². The van der Waals surface area contributed by atoms with Gasteiger partial charge in [0.15, 0.2) is 0 Å². The summed E-state index contributed by atoms with van der Waals surface area (Å²) in [5.41, 5.74) is -0.602. The second-order valence-corrected chi connectivity index (χ2v) is 4.29. The zero-order chi connectivity index (χ0) is 10.8. The number of amides is 1. The molecule has 0 radical (unpaired) electrons. The molecule has 1 heterocycles. The van der Waals surface area contributed by atoms with Gasteiger partial charge in [0, 0.05) is 19.5 Å². The van der Waals surface area contributed by atoms with E-state index in [0.29, 0.717) is 13.0 Å². The quantitative estimate of drug-likeness (QED) is 0.632. The van der Waals surface area contributed by atoms with Crippen molar-refractivity contribution in [1.82, 2.24) is 4.90 Å². The van der Waals surface area contributed by atoms with E-state index in [9.17, 15) is 9.59 Å². The molecule has 0 unspecified atom stereocenters. The number of likely N-dealkylation sites (tertiary alicyclic amines) is 1. The van der Waals surface area contributed by atoms with Crippen molar-refractivity contribution in [2.75, 3.05) is 20.2 Å². The minimum atomic E-state index is -0.602. The first-order valence-electron chi connectivity index (χ1n) is 4.83. The maximum Gasteiger partial charge on any atom is 0.313 e. The van der Waals surface area contributed by atoms with Crippen LogP contribution in [-0.2, 0) is 14.3 Å². The molecule has 0 bridgehead atoms. The van der Waals surface area contributed by atoms with Crippen molar-refractivity contribution in [2.24, 2.45) is 5.41 Å².